The number of nitrogens with one attached hydrogen (secondary N) is 1. The second-order valence-electron chi connectivity index (χ2n) is 6.65. The number of hydrogen-bond donors (Lipinski definition) is 1. The normalized spacial score (nSPS) is 12.0. The molecule has 0 aliphatic heterocycles. The Kier molecular flexibility index (Phi) is 6.62. The van der Waals surface area contributed by atoms with Gasteiger partial charge in [-0.15, -0.1) is 0 Å². The van der Waals surface area contributed by atoms with Crippen LogP contribution in [0.4, 0.5) is 0 Å². The molecule has 3 aromatic carbocycles. The zero-order valence-electron chi connectivity index (χ0n) is 15.9. The van der Waals surface area contributed by atoms with Gasteiger partial charge in [-0.25, -0.2) is 0 Å². The van der Waals surface area contributed by atoms with Crippen molar-refractivity contribution in [3.05, 3.63) is 108 Å². The molecule has 0 heterocycles. The van der Waals surface area contributed by atoms with E-state index < -0.39 is 15.7 Å². The first-order valence-electron chi connectivity index (χ1n) is 9.28. The number of rotatable bonds is 9. The quantitative estimate of drug-likeness (QED) is 0.339. The lowest BCUT2D eigenvalue weighted by atomic mass is 9.77. The standard InChI is InChI=1S/C23H25NO3S/c1-28(25,26)27-19-11-18-24-23(20-12-5-2-6-13-20,21-14-7-3-8-15-21)22-16-9-4-10-17-22/h2-10,12-17,24H,11,18-19H2,1H3. The molecule has 0 saturated heterocycles. The molecule has 3 rings (SSSR count). The van der Waals surface area contributed by atoms with Crippen LogP contribution in [0, 0.1) is 0 Å². The van der Waals surface area contributed by atoms with Gasteiger partial charge in [0.2, 0.25) is 0 Å². The van der Waals surface area contributed by atoms with Crippen LogP contribution in [-0.2, 0) is 19.8 Å². The van der Waals surface area contributed by atoms with Gasteiger partial charge in [-0.05, 0) is 29.7 Å². The van der Waals surface area contributed by atoms with Crippen molar-refractivity contribution in [2.24, 2.45) is 0 Å². The fraction of sp³-hybridized carbons (Fsp3) is 0.217. The van der Waals surface area contributed by atoms with Crippen LogP contribution in [0.15, 0.2) is 91.0 Å². The van der Waals surface area contributed by atoms with Crippen molar-refractivity contribution in [2.75, 3.05) is 19.4 Å². The molecule has 0 aromatic heterocycles. The van der Waals surface area contributed by atoms with Crippen molar-refractivity contribution >= 4 is 10.1 Å². The molecule has 0 fully saturated rings. The molecule has 146 valence electrons. The van der Waals surface area contributed by atoms with Gasteiger partial charge in [0.25, 0.3) is 10.1 Å². The van der Waals surface area contributed by atoms with Crippen molar-refractivity contribution in [3.63, 3.8) is 0 Å². The van der Waals surface area contributed by atoms with Gasteiger partial charge in [0.05, 0.1) is 18.4 Å². The van der Waals surface area contributed by atoms with E-state index in [1.165, 1.54) is 0 Å². The minimum absolute atomic E-state index is 0.153. The average Bonchev–Trinajstić information content (AvgIpc) is 2.72. The predicted molar refractivity (Wildman–Crippen MR) is 113 cm³/mol. The topological polar surface area (TPSA) is 55.4 Å². The maximum Gasteiger partial charge on any atom is 0.264 e. The highest BCUT2D eigenvalue weighted by atomic mass is 32.2. The average molecular weight is 396 g/mol. The smallest absolute Gasteiger partial charge is 0.264 e. The molecule has 0 atom stereocenters. The third kappa shape index (κ3) is 4.87. The Labute approximate surface area is 167 Å². The maximum absolute atomic E-state index is 11.2. The Bertz CT molecular complexity index is 862. The van der Waals surface area contributed by atoms with Gasteiger partial charge in [-0.1, -0.05) is 91.0 Å². The molecule has 28 heavy (non-hydrogen) atoms. The number of benzene rings is 3. The Hall–Kier alpha value is -2.47. The molecule has 0 amide bonds. The molecular formula is C23H25NO3S. The van der Waals surface area contributed by atoms with E-state index in [4.69, 9.17) is 4.18 Å². The van der Waals surface area contributed by atoms with Gasteiger partial charge < -0.3 is 0 Å². The van der Waals surface area contributed by atoms with Crippen LogP contribution >= 0.6 is 0 Å². The second-order valence-corrected chi connectivity index (χ2v) is 8.30. The highest BCUT2D eigenvalue weighted by Crippen LogP contribution is 2.36. The van der Waals surface area contributed by atoms with Gasteiger partial charge in [-0.3, -0.25) is 9.50 Å². The van der Waals surface area contributed by atoms with E-state index in [9.17, 15) is 8.42 Å². The van der Waals surface area contributed by atoms with Crippen molar-refractivity contribution in [2.45, 2.75) is 12.0 Å². The van der Waals surface area contributed by atoms with Gasteiger partial charge in [0.1, 0.15) is 0 Å². The van der Waals surface area contributed by atoms with Gasteiger partial charge in [0, 0.05) is 0 Å². The highest BCUT2D eigenvalue weighted by Gasteiger charge is 2.35. The first-order chi connectivity index (χ1) is 13.5. The molecule has 0 radical (unpaired) electrons. The summed E-state index contributed by atoms with van der Waals surface area (Å²) >= 11 is 0. The van der Waals surface area contributed by atoms with Crippen LogP contribution in [-0.4, -0.2) is 27.8 Å². The molecule has 5 heteroatoms. The fourth-order valence-electron chi connectivity index (χ4n) is 3.43. The van der Waals surface area contributed by atoms with Crippen molar-refractivity contribution in [3.8, 4) is 0 Å². The summed E-state index contributed by atoms with van der Waals surface area (Å²) < 4.78 is 27.3. The van der Waals surface area contributed by atoms with Crippen molar-refractivity contribution < 1.29 is 12.6 Å². The predicted octanol–water partition coefficient (Wildman–Crippen LogP) is 3.93. The fourth-order valence-corrected chi connectivity index (χ4v) is 3.85. The lowest BCUT2D eigenvalue weighted by Gasteiger charge is -2.37. The summed E-state index contributed by atoms with van der Waals surface area (Å²) in [5.41, 5.74) is 2.82. The van der Waals surface area contributed by atoms with E-state index in [1.54, 1.807) is 0 Å². The van der Waals surface area contributed by atoms with Crippen LogP contribution in [0.3, 0.4) is 0 Å². The molecule has 3 aromatic rings. The summed E-state index contributed by atoms with van der Waals surface area (Å²) in [6.45, 7) is 0.745. The van der Waals surface area contributed by atoms with E-state index in [2.05, 4.69) is 41.7 Å². The molecule has 0 bridgehead atoms. The molecule has 0 saturated carbocycles. The first-order valence-corrected chi connectivity index (χ1v) is 11.1. The number of hydrogen-bond acceptors (Lipinski definition) is 4. The third-order valence-electron chi connectivity index (χ3n) is 4.63. The molecule has 1 N–H and O–H groups in total. The summed E-state index contributed by atoms with van der Waals surface area (Å²) in [5, 5.41) is 3.69. The third-order valence-corrected chi connectivity index (χ3v) is 5.22. The van der Waals surface area contributed by atoms with Crippen LogP contribution < -0.4 is 5.32 Å². The van der Waals surface area contributed by atoms with Crippen LogP contribution in [0.25, 0.3) is 0 Å². The van der Waals surface area contributed by atoms with Gasteiger partial charge in [-0.2, -0.15) is 8.42 Å². The van der Waals surface area contributed by atoms with E-state index in [1.807, 2.05) is 54.6 Å². The van der Waals surface area contributed by atoms with E-state index >= 15 is 0 Å². The highest BCUT2D eigenvalue weighted by molar-refractivity contribution is 7.85. The lowest BCUT2D eigenvalue weighted by Crippen LogP contribution is -2.45. The summed E-state index contributed by atoms with van der Waals surface area (Å²) in [7, 11) is -3.42. The maximum atomic E-state index is 11.2. The molecule has 0 aliphatic carbocycles. The largest absolute Gasteiger partial charge is 0.300 e. The summed E-state index contributed by atoms with van der Waals surface area (Å²) in [4.78, 5) is 0. The SMILES string of the molecule is CS(=O)(=O)OCCCNC(c1ccccc1)(c1ccccc1)c1ccccc1. The van der Waals surface area contributed by atoms with Crippen molar-refractivity contribution in [1.82, 2.24) is 5.32 Å². The monoisotopic (exact) mass is 395 g/mol. The van der Waals surface area contributed by atoms with Crippen molar-refractivity contribution in [1.29, 1.82) is 0 Å². The molecule has 0 unspecified atom stereocenters. The Morgan fingerprint density at radius 1 is 0.750 bits per heavy atom. The second kappa shape index (κ2) is 9.15. The van der Waals surface area contributed by atoms with Crippen LogP contribution in [0.2, 0.25) is 0 Å². The lowest BCUT2D eigenvalue weighted by molar-refractivity contribution is 0.306. The summed E-state index contributed by atoms with van der Waals surface area (Å²) in [6, 6.07) is 30.9. The zero-order valence-corrected chi connectivity index (χ0v) is 16.7. The van der Waals surface area contributed by atoms with Gasteiger partial charge >= 0.3 is 0 Å². The Morgan fingerprint density at radius 3 is 1.50 bits per heavy atom. The van der Waals surface area contributed by atoms with Crippen LogP contribution in [0.1, 0.15) is 23.1 Å². The molecular weight excluding hydrogens is 370 g/mol. The van der Waals surface area contributed by atoms with E-state index in [0.29, 0.717) is 13.0 Å². The molecule has 4 nitrogen and oxygen atoms in total. The Morgan fingerprint density at radius 2 is 1.14 bits per heavy atom. The molecule has 0 spiro atoms. The molecule has 0 aliphatic rings. The van der Waals surface area contributed by atoms with Gasteiger partial charge in [0.15, 0.2) is 0 Å². The van der Waals surface area contributed by atoms with E-state index in [-0.39, 0.29) is 6.61 Å². The zero-order chi connectivity index (χ0) is 19.9. The minimum Gasteiger partial charge on any atom is -0.300 e. The first kappa shape index (κ1) is 20.3. The minimum atomic E-state index is -3.42. The van der Waals surface area contributed by atoms with E-state index in [0.717, 1.165) is 22.9 Å². The summed E-state index contributed by atoms with van der Waals surface area (Å²) in [6.07, 6.45) is 1.64. The van der Waals surface area contributed by atoms with Crippen LogP contribution in [0.5, 0.6) is 0 Å². The summed E-state index contributed by atoms with van der Waals surface area (Å²) in [5.74, 6) is 0. The Balaban J connectivity index is 1.99.